The van der Waals surface area contributed by atoms with Gasteiger partial charge in [0.1, 0.15) is 0 Å². The van der Waals surface area contributed by atoms with Crippen LogP contribution >= 0.6 is 0 Å². The molecule has 1 aromatic heterocycles. The number of aromatic nitrogens is 1. The van der Waals surface area contributed by atoms with Gasteiger partial charge in [0.05, 0.1) is 11.0 Å². The Kier molecular flexibility index (Phi) is 3.50. The molecular weight excluding hydrogens is 314 g/mol. The summed E-state index contributed by atoms with van der Waals surface area (Å²) >= 11 is 0. The Morgan fingerprint density at radius 2 is 0.846 bits per heavy atom. The lowest BCUT2D eigenvalue weighted by atomic mass is 10.0. The summed E-state index contributed by atoms with van der Waals surface area (Å²) in [5.74, 6) is 0. The van der Waals surface area contributed by atoms with Crippen LogP contribution in [0.5, 0.6) is 0 Å². The number of benzene rings is 4. The van der Waals surface area contributed by atoms with Crippen LogP contribution in [0, 0.1) is 0 Å². The molecule has 0 bridgehead atoms. The van der Waals surface area contributed by atoms with E-state index in [1.807, 2.05) is 12.1 Å². The number of rotatable bonds is 2. The molecule has 1 heteroatoms. The highest BCUT2D eigenvalue weighted by Gasteiger charge is 2.05. The van der Waals surface area contributed by atoms with Crippen molar-refractivity contribution < 1.29 is 0 Å². The maximum Gasteiger partial charge on any atom is 0.0710 e. The van der Waals surface area contributed by atoms with Gasteiger partial charge in [-0.1, -0.05) is 72.8 Å². The molecule has 0 fully saturated rings. The molecule has 0 radical (unpaired) electrons. The van der Waals surface area contributed by atoms with Crippen molar-refractivity contribution in [1.82, 2.24) is 4.98 Å². The zero-order valence-corrected chi connectivity index (χ0v) is 14.3. The Bertz CT molecular complexity index is 1110. The Labute approximate surface area is 152 Å². The molecule has 4 aromatic carbocycles. The molecule has 0 spiro atoms. The van der Waals surface area contributed by atoms with E-state index in [9.17, 15) is 0 Å². The Hall–Kier alpha value is -3.45. The van der Waals surface area contributed by atoms with E-state index >= 15 is 0 Å². The van der Waals surface area contributed by atoms with Crippen LogP contribution in [0.25, 0.3) is 44.1 Å². The lowest BCUT2D eigenvalue weighted by molar-refractivity contribution is 1.49. The summed E-state index contributed by atoms with van der Waals surface area (Å²) in [5, 5.41) is 2.34. The monoisotopic (exact) mass is 331 g/mol. The SMILES string of the molecule is c1ccc(-c2ccc3nc4ccc(-c5ccccc5)cc4cc3c2)cc1. The van der Waals surface area contributed by atoms with Gasteiger partial charge in [-0.05, 0) is 52.6 Å². The maximum atomic E-state index is 4.85. The van der Waals surface area contributed by atoms with Gasteiger partial charge in [0.15, 0.2) is 0 Å². The van der Waals surface area contributed by atoms with E-state index in [0.717, 1.165) is 11.0 Å². The van der Waals surface area contributed by atoms with Crippen molar-refractivity contribution in [2.24, 2.45) is 0 Å². The van der Waals surface area contributed by atoms with Gasteiger partial charge in [0, 0.05) is 10.8 Å². The van der Waals surface area contributed by atoms with Crippen LogP contribution in [0.15, 0.2) is 103 Å². The molecule has 5 rings (SSSR count). The summed E-state index contributed by atoms with van der Waals surface area (Å²) in [7, 11) is 0. The molecule has 26 heavy (non-hydrogen) atoms. The fourth-order valence-corrected chi connectivity index (χ4v) is 3.46. The first-order valence-corrected chi connectivity index (χ1v) is 8.82. The summed E-state index contributed by atoms with van der Waals surface area (Å²) < 4.78 is 0. The smallest absolute Gasteiger partial charge is 0.0710 e. The zero-order chi connectivity index (χ0) is 17.3. The first-order chi connectivity index (χ1) is 12.9. The highest BCUT2D eigenvalue weighted by atomic mass is 14.7. The maximum absolute atomic E-state index is 4.85. The van der Waals surface area contributed by atoms with Crippen LogP contribution in [-0.2, 0) is 0 Å². The molecule has 0 N–H and O–H groups in total. The standard InChI is InChI=1S/C25H17N/c1-3-7-18(8-4-1)20-11-13-24-22(15-20)17-23-16-21(12-14-25(23)26-24)19-9-5-2-6-10-19/h1-17H. The number of pyridine rings is 1. The van der Waals surface area contributed by atoms with Crippen molar-refractivity contribution in [3.63, 3.8) is 0 Å². The highest BCUT2D eigenvalue weighted by molar-refractivity contribution is 5.96. The number of hydrogen-bond donors (Lipinski definition) is 0. The second kappa shape index (κ2) is 6.12. The Morgan fingerprint density at radius 3 is 1.31 bits per heavy atom. The van der Waals surface area contributed by atoms with Crippen molar-refractivity contribution in [2.45, 2.75) is 0 Å². The summed E-state index contributed by atoms with van der Waals surface area (Å²) in [6.07, 6.45) is 0. The van der Waals surface area contributed by atoms with E-state index in [1.165, 1.54) is 33.0 Å². The van der Waals surface area contributed by atoms with Crippen LogP contribution < -0.4 is 0 Å². The lowest BCUT2D eigenvalue weighted by Crippen LogP contribution is -1.85. The van der Waals surface area contributed by atoms with Gasteiger partial charge in [-0.25, -0.2) is 4.98 Å². The fourth-order valence-electron chi connectivity index (χ4n) is 3.46. The first-order valence-electron chi connectivity index (χ1n) is 8.82. The molecule has 5 aromatic rings. The predicted molar refractivity (Wildman–Crippen MR) is 110 cm³/mol. The predicted octanol–water partition coefficient (Wildman–Crippen LogP) is 6.72. The number of hydrogen-bond acceptors (Lipinski definition) is 1. The van der Waals surface area contributed by atoms with Gasteiger partial charge in [0.25, 0.3) is 0 Å². The van der Waals surface area contributed by atoms with Gasteiger partial charge in [-0.15, -0.1) is 0 Å². The zero-order valence-electron chi connectivity index (χ0n) is 14.3. The summed E-state index contributed by atoms with van der Waals surface area (Å²) in [4.78, 5) is 4.85. The summed E-state index contributed by atoms with van der Waals surface area (Å²) in [5.41, 5.74) is 6.96. The molecule has 1 heterocycles. The average molecular weight is 331 g/mol. The van der Waals surface area contributed by atoms with Gasteiger partial charge >= 0.3 is 0 Å². The molecule has 0 amide bonds. The average Bonchev–Trinajstić information content (AvgIpc) is 2.73. The summed E-state index contributed by atoms with van der Waals surface area (Å²) in [6.45, 7) is 0. The van der Waals surface area contributed by atoms with Crippen molar-refractivity contribution in [3.05, 3.63) is 103 Å². The van der Waals surface area contributed by atoms with Crippen LogP contribution in [0.3, 0.4) is 0 Å². The van der Waals surface area contributed by atoms with Gasteiger partial charge < -0.3 is 0 Å². The van der Waals surface area contributed by atoms with Crippen LogP contribution in [-0.4, -0.2) is 4.98 Å². The van der Waals surface area contributed by atoms with Crippen molar-refractivity contribution >= 4 is 21.8 Å². The Morgan fingerprint density at radius 1 is 0.385 bits per heavy atom. The largest absolute Gasteiger partial charge is 0.248 e. The second-order valence-electron chi connectivity index (χ2n) is 6.54. The minimum absolute atomic E-state index is 1.03. The van der Waals surface area contributed by atoms with Crippen LogP contribution in [0.4, 0.5) is 0 Å². The molecular formula is C25H17N. The van der Waals surface area contributed by atoms with E-state index in [0.29, 0.717) is 0 Å². The van der Waals surface area contributed by atoms with Crippen molar-refractivity contribution in [3.8, 4) is 22.3 Å². The third-order valence-electron chi connectivity index (χ3n) is 4.82. The van der Waals surface area contributed by atoms with E-state index in [2.05, 4.69) is 91.0 Å². The van der Waals surface area contributed by atoms with Crippen molar-refractivity contribution in [2.75, 3.05) is 0 Å². The molecule has 0 saturated carbocycles. The lowest BCUT2D eigenvalue weighted by Gasteiger charge is -2.07. The van der Waals surface area contributed by atoms with E-state index < -0.39 is 0 Å². The normalized spacial score (nSPS) is 11.1. The van der Waals surface area contributed by atoms with Crippen LogP contribution in [0.1, 0.15) is 0 Å². The molecule has 0 saturated heterocycles. The molecule has 1 nitrogen and oxygen atoms in total. The third-order valence-corrected chi connectivity index (χ3v) is 4.82. The van der Waals surface area contributed by atoms with Crippen molar-refractivity contribution in [1.29, 1.82) is 0 Å². The van der Waals surface area contributed by atoms with Crippen LogP contribution in [0.2, 0.25) is 0 Å². The third kappa shape index (κ3) is 2.64. The molecule has 0 aliphatic rings. The second-order valence-corrected chi connectivity index (χ2v) is 6.54. The van der Waals surface area contributed by atoms with Gasteiger partial charge in [-0.3, -0.25) is 0 Å². The Balaban J connectivity index is 1.67. The molecule has 122 valence electrons. The summed E-state index contributed by atoms with van der Waals surface area (Å²) in [6, 6.07) is 36.2. The minimum Gasteiger partial charge on any atom is -0.248 e. The van der Waals surface area contributed by atoms with E-state index in [1.54, 1.807) is 0 Å². The number of fused-ring (bicyclic) bond motifs is 2. The molecule has 0 unspecified atom stereocenters. The highest BCUT2D eigenvalue weighted by Crippen LogP contribution is 2.28. The minimum atomic E-state index is 1.03. The fraction of sp³-hybridized carbons (Fsp3) is 0. The molecule has 0 aliphatic carbocycles. The van der Waals surface area contributed by atoms with E-state index in [4.69, 9.17) is 4.98 Å². The first kappa shape index (κ1) is 14.9. The van der Waals surface area contributed by atoms with Gasteiger partial charge in [0.2, 0.25) is 0 Å². The quantitative estimate of drug-likeness (QED) is 0.327. The van der Waals surface area contributed by atoms with E-state index in [-0.39, 0.29) is 0 Å². The molecule has 0 atom stereocenters. The molecule has 0 aliphatic heterocycles. The number of nitrogens with zero attached hydrogens (tertiary/aromatic N) is 1. The topological polar surface area (TPSA) is 12.9 Å². The van der Waals surface area contributed by atoms with Gasteiger partial charge in [-0.2, -0.15) is 0 Å².